The minimum Gasteiger partial charge on any atom is -0.466 e. The lowest BCUT2D eigenvalue weighted by molar-refractivity contribution is -0.144. The molecule has 3 aromatic carbocycles. The van der Waals surface area contributed by atoms with Crippen LogP contribution < -0.4 is 10.9 Å². The predicted molar refractivity (Wildman–Crippen MR) is 150 cm³/mol. The Morgan fingerprint density at radius 1 is 1.00 bits per heavy atom. The molecule has 1 aromatic heterocycles. The van der Waals surface area contributed by atoms with E-state index in [9.17, 15) is 14.4 Å². The fraction of sp³-hybridized carbons (Fsp3) is 0.267. The number of carbonyl (C=O) groups is 2. The van der Waals surface area contributed by atoms with Crippen LogP contribution in [-0.2, 0) is 27.3 Å². The Morgan fingerprint density at radius 3 is 2.47 bits per heavy atom. The number of benzene rings is 3. The van der Waals surface area contributed by atoms with Gasteiger partial charge in [0, 0.05) is 29.1 Å². The number of aromatic nitrogens is 2. The second-order valence-electron chi connectivity index (χ2n) is 8.93. The highest BCUT2D eigenvalue weighted by Gasteiger charge is 2.14. The molecule has 8 heteroatoms. The number of fused-ring (bicyclic) bond motifs is 1. The predicted octanol–water partition coefficient (Wildman–Crippen LogP) is 6.00. The first-order valence-electron chi connectivity index (χ1n) is 12.7. The fourth-order valence-corrected chi connectivity index (χ4v) is 4.51. The molecule has 0 spiro atoms. The first kappa shape index (κ1) is 27.1. The minimum atomic E-state index is -0.420. The fourth-order valence-electron chi connectivity index (χ4n) is 4.26. The third-order valence-corrected chi connectivity index (χ3v) is 6.46. The van der Waals surface area contributed by atoms with Crippen molar-refractivity contribution in [1.29, 1.82) is 0 Å². The van der Waals surface area contributed by atoms with Gasteiger partial charge in [-0.25, -0.2) is 4.98 Å². The Morgan fingerprint density at radius 2 is 1.76 bits per heavy atom. The number of amides is 1. The van der Waals surface area contributed by atoms with Gasteiger partial charge in [0.05, 0.1) is 30.5 Å². The topological polar surface area (TPSA) is 90.3 Å². The molecule has 1 heterocycles. The molecule has 0 aliphatic heterocycles. The van der Waals surface area contributed by atoms with Crippen molar-refractivity contribution in [3.05, 3.63) is 93.5 Å². The van der Waals surface area contributed by atoms with Gasteiger partial charge in [-0.05, 0) is 48.7 Å². The number of aryl methyl sites for hydroxylation is 1. The summed E-state index contributed by atoms with van der Waals surface area (Å²) in [6.07, 6.45) is 1.50. The van der Waals surface area contributed by atoms with Crippen LogP contribution in [0.3, 0.4) is 0 Å². The molecule has 4 aromatic rings. The van der Waals surface area contributed by atoms with Gasteiger partial charge in [-0.3, -0.25) is 19.0 Å². The summed E-state index contributed by atoms with van der Waals surface area (Å²) in [5.74, 6) is -0.0325. The lowest BCUT2D eigenvalue weighted by Gasteiger charge is -2.14. The zero-order valence-electron chi connectivity index (χ0n) is 21.5. The number of nitrogens with zero attached hydrogens (tertiary/aromatic N) is 2. The molecule has 0 aliphatic carbocycles. The molecule has 4 rings (SSSR count). The molecular formula is C30H30ClN3O4. The van der Waals surface area contributed by atoms with E-state index in [2.05, 4.69) is 5.32 Å². The van der Waals surface area contributed by atoms with E-state index in [0.29, 0.717) is 40.4 Å². The molecule has 1 N–H and O–H groups in total. The normalized spacial score (nSPS) is 10.9. The number of esters is 1. The van der Waals surface area contributed by atoms with Crippen molar-refractivity contribution < 1.29 is 14.3 Å². The molecule has 0 saturated heterocycles. The summed E-state index contributed by atoms with van der Waals surface area (Å²) < 4.78 is 6.56. The lowest BCUT2D eigenvalue weighted by atomic mass is 10.0. The quantitative estimate of drug-likeness (QED) is 0.253. The van der Waals surface area contributed by atoms with Crippen molar-refractivity contribution in [2.24, 2.45) is 0 Å². The summed E-state index contributed by atoms with van der Waals surface area (Å²) in [6.45, 7) is 4.41. The van der Waals surface area contributed by atoms with E-state index < -0.39 is 5.97 Å². The largest absolute Gasteiger partial charge is 0.466 e. The SMILES string of the molecule is CCCc1nc2ccc(NC(=O)CCC(=O)OCC)cc2c(=O)n1Cc1ccc(-c2ccccc2Cl)cc1. The first-order chi connectivity index (χ1) is 18.4. The Labute approximate surface area is 226 Å². The Bertz CT molecular complexity index is 1510. The zero-order chi connectivity index (χ0) is 27.1. The van der Waals surface area contributed by atoms with Crippen molar-refractivity contribution in [3.63, 3.8) is 0 Å². The number of carbonyl (C=O) groups excluding carboxylic acids is 2. The summed E-state index contributed by atoms with van der Waals surface area (Å²) in [5, 5.41) is 3.86. The summed E-state index contributed by atoms with van der Waals surface area (Å²) in [5.41, 5.74) is 3.80. The molecule has 0 bridgehead atoms. The standard InChI is InChI=1S/C30H30ClN3O4/c1-3-7-27-33-26-15-14-22(32-28(35)16-17-29(36)38-4-2)18-24(26)30(37)34(27)19-20-10-12-21(13-11-20)23-8-5-6-9-25(23)31/h5-6,8-15,18H,3-4,7,16-17,19H2,1-2H3,(H,32,35). The summed E-state index contributed by atoms with van der Waals surface area (Å²) in [4.78, 5) is 42.2. The van der Waals surface area contributed by atoms with Crippen molar-refractivity contribution in [1.82, 2.24) is 9.55 Å². The third-order valence-electron chi connectivity index (χ3n) is 6.13. The average molecular weight is 532 g/mol. The highest BCUT2D eigenvalue weighted by atomic mass is 35.5. The maximum absolute atomic E-state index is 13.6. The molecule has 38 heavy (non-hydrogen) atoms. The maximum atomic E-state index is 13.6. The van der Waals surface area contributed by atoms with Gasteiger partial charge in [-0.1, -0.05) is 61.0 Å². The van der Waals surface area contributed by atoms with Gasteiger partial charge in [0.15, 0.2) is 0 Å². The maximum Gasteiger partial charge on any atom is 0.306 e. The van der Waals surface area contributed by atoms with Crippen molar-refractivity contribution in [3.8, 4) is 11.1 Å². The van der Waals surface area contributed by atoms with Crippen molar-refractivity contribution >= 4 is 40.1 Å². The van der Waals surface area contributed by atoms with E-state index in [1.54, 1.807) is 29.7 Å². The van der Waals surface area contributed by atoms with Crippen LogP contribution in [0.15, 0.2) is 71.5 Å². The Hall–Kier alpha value is -3.97. The Kier molecular flexibility index (Phi) is 8.92. The zero-order valence-corrected chi connectivity index (χ0v) is 22.3. The molecule has 0 radical (unpaired) electrons. The lowest BCUT2D eigenvalue weighted by Crippen LogP contribution is -2.26. The average Bonchev–Trinajstić information content (AvgIpc) is 2.91. The molecule has 1 amide bonds. The molecule has 0 aliphatic rings. The van der Waals surface area contributed by atoms with Gasteiger partial charge < -0.3 is 10.1 Å². The number of ether oxygens (including phenoxy) is 1. The van der Waals surface area contributed by atoms with Crippen LogP contribution >= 0.6 is 11.6 Å². The number of rotatable bonds is 10. The molecule has 7 nitrogen and oxygen atoms in total. The molecule has 0 atom stereocenters. The van der Waals surface area contributed by atoms with Gasteiger partial charge in [-0.2, -0.15) is 0 Å². The monoisotopic (exact) mass is 531 g/mol. The van der Waals surface area contributed by atoms with Gasteiger partial charge in [0.25, 0.3) is 5.56 Å². The van der Waals surface area contributed by atoms with E-state index in [1.807, 2.05) is 55.5 Å². The smallest absolute Gasteiger partial charge is 0.306 e. The van der Waals surface area contributed by atoms with Crippen LogP contribution in [0.5, 0.6) is 0 Å². The van der Waals surface area contributed by atoms with E-state index in [4.69, 9.17) is 21.3 Å². The number of halogens is 1. The summed E-state index contributed by atoms with van der Waals surface area (Å²) in [6, 6.07) is 20.7. The van der Waals surface area contributed by atoms with E-state index >= 15 is 0 Å². The Balaban J connectivity index is 1.60. The summed E-state index contributed by atoms with van der Waals surface area (Å²) in [7, 11) is 0. The van der Waals surface area contributed by atoms with Gasteiger partial charge >= 0.3 is 5.97 Å². The number of hydrogen-bond acceptors (Lipinski definition) is 5. The van der Waals surface area contributed by atoms with Crippen LogP contribution in [-0.4, -0.2) is 28.0 Å². The number of anilines is 1. The molecule has 0 fully saturated rings. The molecule has 0 unspecified atom stereocenters. The minimum absolute atomic E-state index is 0.00101. The second-order valence-corrected chi connectivity index (χ2v) is 9.34. The number of hydrogen-bond donors (Lipinski definition) is 1. The van der Waals surface area contributed by atoms with Crippen molar-refractivity contribution in [2.75, 3.05) is 11.9 Å². The van der Waals surface area contributed by atoms with Crippen LogP contribution in [0, 0.1) is 0 Å². The molecule has 0 saturated carbocycles. The van der Waals surface area contributed by atoms with Gasteiger partial charge in [0.2, 0.25) is 5.91 Å². The second kappa shape index (κ2) is 12.5. The third kappa shape index (κ3) is 6.47. The molecule has 196 valence electrons. The van der Waals surface area contributed by atoms with Crippen LogP contribution in [0.4, 0.5) is 5.69 Å². The van der Waals surface area contributed by atoms with E-state index in [1.165, 1.54) is 0 Å². The molecular weight excluding hydrogens is 502 g/mol. The highest BCUT2D eigenvalue weighted by Crippen LogP contribution is 2.27. The van der Waals surface area contributed by atoms with E-state index in [-0.39, 0.29) is 30.9 Å². The number of nitrogens with one attached hydrogen (secondary N) is 1. The summed E-state index contributed by atoms with van der Waals surface area (Å²) >= 11 is 6.35. The van der Waals surface area contributed by atoms with Gasteiger partial charge in [-0.15, -0.1) is 0 Å². The van der Waals surface area contributed by atoms with Crippen molar-refractivity contribution in [2.45, 2.75) is 46.1 Å². The first-order valence-corrected chi connectivity index (χ1v) is 13.1. The van der Waals surface area contributed by atoms with Crippen LogP contribution in [0.25, 0.3) is 22.0 Å². The van der Waals surface area contributed by atoms with Crippen LogP contribution in [0.1, 0.15) is 44.5 Å². The van der Waals surface area contributed by atoms with Gasteiger partial charge in [0.1, 0.15) is 5.82 Å². The van der Waals surface area contributed by atoms with E-state index in [0.717, 1.165) is 23.1 Å². The highest BCUT2D eigenvalue weighted by molar-refractivity contribution is 6.33. The van der Waals surface area contributed by atoms with Crippen LogP contribution in [0.2, 0.25) is 5.02 Å².